The van der Waals surface area contributed by atoms with Gasteiger partial charge in [0.2, 0.25) is 0 Å². The molecule has 0 aromatic carbocycles. The zero-order valence-corrected chi connectivity index (χ0v) is 10.4. The highest BCUT2D eigenvalue weighted by Crippen LogP contribution is 2.34. The zero-order valence-electron chi connectivity index (χ0n) is 10.4. The van der Waals surface area contributed by atoms with Crippen LogP contribution >= 0.6 is 0 Å². The summed E-state index contributed by atoms with van der Waals surface area (Å²) in [5.74, 6) is 1.87. The molecule has 0 spiro atoms. The summed E-state index contributed by atoms with van der Waals surface area (Å²) < 4.78 is 1.91. The van der Waals surface area contributed by atoms with Crippen LogP contribution in [0.3, 0.4) is 0 Å². The van der Waals surface area contributed by atoms with Gasteiger partial charge in [-0.3, -0.25) is 4.90 Å². The summed E-state index contributed by atoms with van der Waals surface area (Å²) >= 11 is 0. The van der Waals surface area contributed by atoms with Gasteiger partial charge in [-0.1, -0.05) is 6.92 Å². The molecule has 1 saturated carbocycles. The van der Waals surface area contributed by atoms with E-state index in [2.05, 4.69) is 41.3 Å². The fraction of sp³-hybridized carbons (Fsp3) is 0.909. The molecule has 1 unspecified atom stereocenters. The van der Waals surface area contributed by atoms with Crippen molar-refractivity contribution in [2.24, 2.45) is 5.92 Å². The number of nitrogens with zero attached hydrogens (tertiary/aromatic N) is 5. The van der Waals surface area contributed by atoms with Gasteiger partial charge in [-0.15, -0.1) is 5.10 Å². The van der Waals surface area contributed by atoms with Gasteiger partial charge in [-0.05, 0) is 49.6 Å². The van der Waals surface area contributed by atoms with Crippen molar-refractivity contribution in [2.45, 2.75) is 52.2 Å². The van der Waals surface area contributed by atoms with Crippen LogP contribution in [0.5, 0.6) is 0 Å². The van der Waals surface area contributed by atoms with Crippen molar-refractivity contribution < 1.29 is 0 Å². The predicted octanol–water partition coefficient (Wildman–Crippen LogP) is 1.31. The van der Waals surface area contributed by atoms with Gasteiger partial charge in [0.1, 0.15) is 0 Å². The minimum Gasteiger partial charge on any atom is -0.296 e. The summed E-state index contributed by atoms with van der Waals surface area (Å²) in [5.41, 5.74) is 0. The summed E-state index contributed by atoms with van der Waals surface area (Å²) in [6.07, 6.45) is 3.83. The van der Waals surface area contributed by atoms with E-state index in [0.717, 1.165) is 31.3 Å². The fourth-order valence-electron chi connectivity index (χ4n) is 2.03. The quantitative estimate of drug-likeness (QED) is 0.729. The molecule has 1 heterocycles. The van der Waals surface area contributed by atoms with Crippen LogP contribution in [0, 0.1) is 5.92 Å². The fourth-order valence-corrected chi connectivity index (χ4v) is 2.03. The second-order valence-electron chi connectivity index (χ2n) is 4.81. The molecule has 1 aromatic heterocycles. The van der Waals surface area contributed by atoms with Crippen LogP contribution in [0.4, 0.5) is 0 Å². The summed E-state index contributed by atoms with van der Waals surface area (Å²) in [7, 11) is 2.16. The lowest BCUT2D eigenvalue weighted by Gasteiger charge is -2.23. The van der Waals surface area contributed by atoms with Gasteiger partial charge in [0.05, 0.1) is 6.54 Å². The SMILES string of the molecule is CCCn1nnnc1CN(C)C(C)C1CC1. The first-order valence-electron chi connectivity index (χ1n) is 6.17. The summed E-state index contributed by atoms with van der Waals surface area (Å²) in [6.45, 7) is 6.20. The number of hydrogen-bond donors (Lipinski definition) is 0. The van der Waals surface area contributed by atoms with Crippen LogP contribution in [-0.4, -0.2) is 38.2 Å². The van der Waals surface area contributed by atoms with Gasteiger partial charge in [0, 0.05) is 12.6 Å². The molecule has 0 N–H and O–H groups in total. The van der Waals surface area contributed by atoms with E-state index in [9.17, 15) is 0 Å². The van der Waals surface area contributed by atoms with Gasteiger partial charge >= 0.3 is 0 Å². The first-order chi connectivity index (χ1) is 7.72. The van der Waals surface area contributed by atoms with E-state index >= 15 is 0 Å². The molecule has 1 aromatic rings. The lowest BCUT2D eigenvalue weighted by molar-refractivity contribution is 0.217. The zero-order chi connectivity index (χ0) is 11.5. The Kier molecular flexibility index (Phi) is 3.53. The predicted molar refractivity (Wildman–Crippen MR) is 61.8 cm³/mol. The van der Waals surface area contributed by atoms with Crippen molar-refractivity contribution in [1.82, 2.24) is 25.1 Å². The van der Waals surface area contributed by atoms with Crippen LogP contribution in [0.15, 0.2) is 0 Å². The molecule has 90 valence electrons. The first-order valence-corrected chi connectivity index (χ1v) is 6.17. The normalized spacial score (nSPS) is 18.0. The maximum absolute atomic E-state index is 4.10. The highest BCUT2D eigenvalue weighted by atomic mass is 15.5. The molecule has 1 atom stereocenters. The van der Waals surface area contributed by atoms with Crippen molar-refractivity contribution in [3.63, 3.8) is 0 Å². The van der Waals surface area contributed by atoms with Crippen LogP contribution in [0.2, 0.25) is 0 Å². The minimum absolute atomic E-state index is 0.645. The lowest BCUT2D eigenvalue weighted by Crippen LogP contribution is -2.31. The smallest absolute Gasteiger partial charge is 0.165 e. The topological polar surface area (TPSA) is 46.8 Å². The molecule has 5 nitrogen and oxygen atoms in total. The molecule has 2 rings (SSSR count). The average Bonchev–Trinajstić information content (AvgIpc) is 3.03. The number of hydrogen-bond acceptors (Lipinski definition) is 4. The van der Waals surface area contributed by atoms with Crippen molar-refractivity contribution in [1.29, 1.82) is 0 Å². The van der Waals surface area contributed by atoms with Crippen molar-refractivity contribution in [3.05, 3.63) is 5.82 Å². The monoisotopic (exact) mass is 223 g/mol. The molecule has 1 fully saturated rings. The van der Waals surface area contributed by atoms with Crippen molar-refractivity contribution >= 4 is 0 Å². The van der Waals surface area contributed by atoms with Crippen molar-refractivity contribution in [3.8, 4) is 0 Å². The van der Waals surface area contributed by atoms with E-state index < -0.39 is 0 Å². The Labute approximate surface area is 96.8 Å². The van der Waals surface area contributed by atoms with Gasteiger partial charge in [-0.2, -0.15) is 0 Å². The molecule has 0 radical (unpaired) electrons. The Morgan fingerprint density at radius 2 is 2.25 bits per heavy atom. The first kappa shape index (κ1) is 11.5. The van der Waals surface area contributed by atoms with Gasteiger partial charge < -0.3 is 0 Å². The number of aryl methyl sites for hydroxylation is 1. The Balaban J connectivity index is 1.93. The molecule has 16 heavy (non-hydrogen) atoms. The third-order valence-electron chi connectivity index (χ3n) is 3.43. The summed E-state index contributed by atoms with van der Waals surface area (Å²) in [6, 6.07) is 0.645. The Hall–Kier alpha value is -0.970. The van der Waals surface area contributed by atoms with Crippen LogP contribution in [0.25, 0.3) is 0 Å². The second kappa shape index (κ2) is 4.91. The molecular weight excluding hydrogens is 202 g/mol. The molecule has 0 amide bonds. The largest absolute Gasteiger partial charge is 0.296 e. The van der Waals surface area contributed by atoms with Gasteiger partial charge in [0.15, 0.2) is 5.82 Å². The molecule has 0 aliphatic heterocycles. The van der Waals surface area contributed by atoms with Crippen LogP contribution in [0.1, 0.15) is 38.9 Å². The van der Waals surface area contributed by atoms with Crippen LogP contribution in [-0.2, 0) is 13.1 Å². The van der Waals surface area contributed by atoms with Crippen LogP contribution < -0.4 is 0 Å². The third-order valence-corrected chi connectivity index (χ3v) is 3.43. The number of tetrazole rings is 1. The molecule has 0 saturated heterocycles. The highest BCUT2D eigenvalue weighted by Gasteiger charge is 2.30. The van der Waals surface area contributed by atoms with E-state index in [4.69, 9.17) is 0 Å². The lowest BCUT2D eigenvalue weighted by atomic mass is 10.2. The van der Waals surface area contributed by atoms with E-state index in [1.807, 2.05) is 4.68 Å². The highest BCUT2D eigenvalue weighted by molar-refractivity contribution is 4.87. The van der Waals surface area contributed by atoms with E-state index in [1.54, 1.807) is 0 Å². The second-order valence-corrected chi connectivity index (χ2v) is 4.81. The van der Waals surface area contributed by atoms with E-state index in [0.29, 0.717) is 6.04 Å². The van der Waals surface area contributed by atoms with Crippen molar-refractivity contribution in [2.75, 3.05) is 7.05 Å². The third kappa shape index (κ3) is 2.58. The minimum atomic E-state index is 0.645. The van der Waals surface area contributed by atoms with Gasteiger partial charge in [0.25, 0.3) is 0 Å². The molecule has 0 bridgehead atoms. The molecule has 5 heteroatoms. The molecular formula is C11H21N5. The summed E-state index contributed by atoms with van der Waals surface area (Å²) in [4.78, 5) is 2.36. The van der Waals surface area contributed by atoms with E-state index in [-0.39, 0.29) is 0 Å². The van der Waals surface area contributed by atoms with E-state index in [1.165, 1.54) is 12.8 Å². The maximum Gasteiger partial charge on any atom is 0.165 e. The average molecular weight is 223 g/mol. The Morgan fingerprint density at radius 3 is 2.88 bits per heavy atom. The Bertz CT molecular complexity index is 331. The standard InChI is InChI=1S/C11H21N5/c1-4-7-16-11(12-13-14-16)8-15(3)9(2)10-5-6-10/h9-10H,4-8H2,1-3H3. The Morgan fingerprint density at radius 1 is 1.50 bits per heavy atom. The number of rotatable bonds is 6. The summed E-state index contributed by atoms with van der Waals surface area (Å²) in [5, 5.41) is 11.9. The number of aromatic nitrogens is 4. The molecule has 1 aliphatic rings. The maximum atomic E-state index is 4.10. The van der Waals surface area contributed by atoms with Gasteiger partial charge in [-0.25, -0.2) is 4.68 Å². The molecule has 1 aliphatic carbocycles.